The summed E-state index contributed by atoms with van der Waals surface area (Å²) >= 11 is 0. The van der Waals surface area contributed by atoms with Crippen LogP contribution in [0.3, 0.4) is 0 Å². The van der Waals surface area contributed by atoms with Gasteiger partial charge in [-0.1, -0.05) is 0 Å². The first-order valence-electron chi connectivity index (χ1n) is 4.40. The molecule has 1 fully saturated rings. The molecule has 0 spiro atoms. The number of aliphatic hydroxyl groups excluding tert-OH is 3. The number of hydrogen-bond donors (Lipinski definition) is 4. The van der Waals surface area contributed by atoms with Gasteiger partial charge in [0.25, 0.3) is 0 Å². The fraction of sp³-hybridized carbons (Fsp3) is 0.714. The molecule has 4 atom stereocenters. The lowest BCUT2D eigenvalue weighted by Crippen LogP contribution is -2.35. The smallest absolute Gasteiger partial charge is 0.345 e. The van der Waals surface area contributed by atoms with Gasteiger partial charge in [-0.05, 0) is 0 Å². The molecule has 1 aliphatic heterocycles. The molecule has 1 aromatic rings. The predicted octanol–water partition coefficient (Wildman–Crippen LogP) is -2.82. The quantitative estimate of drug-likeness (QED) is 0.424. The number of nitrogens with zero attached hydrogens (tertiary/aromatic N) is 2. The molecule has 0 radical (unpaired) electrons. The van der Waals surface area contributed by atoms with Crippen LogP contribution in [0, 0.1) is 0 Å². The molecule has 0 aromatic carbocycles. The van der Waals surface area contributed by atoms with Crippen molar-refractivity contribution in [3.05, 3.63) is 16.8 Å². The van der Waals surface area contributed by atoms with Crippen LogP contribution in [0.15, 0.2) is 11.1 Å². The van der Waals surface area contributed by atoms with E-state index in [2.05, 4.69) is 10.1 Å². The number of nitrogens with one attached hydrogen (secondary N) is 1. The van der Waals surface area contributed by atoms with E-state index in [-0.39, 0.29) is 0 Å². The van der Waals surface area contributed by atoms with E-state index in [0.717, 1.165) is 11.0 Å². The maximum Gasteiger partial charge on any atom is 0.345 e. The maximum absolute atomic E-state index is 11.2. The number of aromatic nitrogens is 3. The van der Waals surface area contributed by atoms with Crippen LogP contribution in [-0.2, 0) is 4.74 Å². The van der Waals surface area contributed by atoms with Gasteiger partial charge < -0.3 is 20.1 Å². The second kappa shape index (κ2) is 3.74. The monoisotopic (exact) mass is 217 g/mol. The van der Waals surface area contributed by atoms with Crippen LogP contribution < -0.4 is 5.69 Å². The van der Waals surface area contributed by atoms with Crippen molar-refractivity contribution in [2.24, 2.45) is 0 Å². The number of aromatic amines is 1. The number of rotatable bonds is 2. The summed E-state index contributed by atoms with van der Waals surface area (Å²) in [4.78, 5) is 13.4. The SMILES string of the molecule is O=c1[nH]cnn1[C@@H]1O[C@H](CO)[C@@H](O)[C@H]1O. The van der Waals surface area contributed by atoms with Crippen molar-refractivity contribution in [3.8, 4) is 0 Å². The van der Waals surface area contributed by atoms with E-state index in [1.54, 1.807) is 0 Å². The highest BCUT2D eigenvalue weighted by Gasteiger charge is 2.44. The van der Waals surface area contributed by atoms with Crippen molar-refractivity contribution < 1.29 is 20.1 Å². The van der Waals surface area contributed by atoms with Crippen LogP contribution in [0.1, 0.15) is 6.23 Å². The Labute approximate surface area is 83.7 Å². The summed E-state index contributed by atoms with van der Waals surface area (Å²) in [7, 11) is 0. The van der Waals surface area contributed by atoms with Gasteiger partial charge in [0.15, 0.2) is 6.23 Å². The third-order valence-corrected chi connectivity index (χ3v) is 2.34. The van der Waals surface area contributed by atoms with Gasteiger partial charge in [0.2, 0.25) is 0 Å². The largest absolute Gasteiger partial charge is 0.394 e. The summed E-state index contributed by atoms with van der Waals surface area (Å²) in [5.41, 5.74) is -0.551. The van der Waals surface area contributed by atoms with Crippen molar-refractivity contribution in [1.29, 1.82) is 0 Å². The Kier molecular flexibility index (Phi) is 2.57. The first-order valence-corrected chi connectivity index (χ1v) is 4.40. The minimum Gasteiger partial charge on any atom is -0.394 e. The Balaban J connectivity index is 2.26. The van der Waals surface area contributed by atoms with Gasteiger partial charge in [-0.3, -0.25) is 4.98 Å². The van der Waals surface area contributed by atoms with Crippen LogP contribution in [0.2, 0.25) is 0 Å². The molecule has 0 unspecified atom stereocenters. The van der Waals surface area contributed by atoms with E-state index in [1.807, 2.05) is 0 Å². The molecule has 2 rings (SSSR count). The van der Waals surface area contributed by atoms with Gasteiger partial charge >= 0.3 is 5.69 Å². The van der Waals surface area contributed by atoms with Gasteiger partial charge in [0.1, 0.15) is 24.6 Å². The second-order valence-corrected chi connectivity index (χ2v) is 3.27. The van der Waals surface area contributed by atoms with Crippen LogP contribution in [0.25, 0.3) is 0 Å². The van der Waals surface area contributed by atoms with E-state index in [4.69, 9.17) is 9.84 Å². The Morgan fingerprint density at radius 2 is 2.27 bits per heavy atom. The zero-order valence-corrected chi connectivity index (χ0v) is 7.65. The molecular formula is C7H11N3O5. The van der Waals surface area contributed by atoms with E-state index in [1.165, 1.54) is 0 Å². The average Bonchev–Trinajstić information content (AvgIpc) is 2.74. The van der Waals surface area contributed by atoms with Crippen LogP contribution in [0.5, 0.6) is 0 Å². The van der Waals surface area contributed by atoms with E-state index in [9.17, 15) is 15.0 Å². The van der Waals surface area contributed by atoms with Crippen LogP contribution in [-0.4, -0.2) is 55.0 Å². The highest BCUT2D eigenvalue weighted by atomic mass is 16.6. The van der Waals surface area contributed by atoms with Crippen molar-refractivity contribution in [2.45, 2.75) is 24.5 Å². The maximum atomic E-state index is 11.2. The molecule has 0 amide bonds. The van der Waals surface area contributed by atoms with Crippen LogP contribution >= 0.6 is 0 Å². The van der Waals surface area contributed by atoms with E-state index < -0.39 is 36.8 Å². The van der Waals surface area contributed by atoms with Crippen molar-refractivity contribution in [2.75, 3.05) is 6.61 Å². The van der Waals surface area contributed by atoms with Gasteiger partial charge in [-0.2, -0.15) is 9.78 Å². The minimum atomic E-state index is -1.29. The molecule has 0 saturated carbocycles. The predicted molar refractivity (Wildman–Crippen MR) is 45.9 cm³/mol. The molecule has 0 aliphatic carbocycles. The Morgan fingerprint density at radius 3 is 2.73 bits per heavy atom. The van der Waals surface area contributed by atoms with Crippen molar-refractivity contribution in [1.82, 2.24) is 14.8 Å². The molecule has 0 bridgehead atoms. The summed E-state index contributed by atoms with van der Waals surface area (Å²) in [6, 6.07) is 0. The molecule has 1 saturated heterocycles. The third kappa shape index (κ3) is 1.57. The molecule has 84 valence electrons. The van der Waals surface area contributed by atoms with Gasteiger partial charge in [0, 0.05) is 0 Å². The lowest BCUT2D eigenvalue weighted by molar-refractivity contribution is -0.0604. The molecular weight excluding hydrogens is 206 g/mol. The van der Waals surface area contributed by atoms with Gasteiger partial charge in [-0.15, -0.1) is 0 Å². The number of H-pyrrole nitrogens is 1. The molecule has 15 heavy (non-hydrogen) atoms. The highest BCUT2D eigenvalue weighted by Crippen LogP contribution is 2.27. The van der Waals surface area contributed by atoms with E-state index in [0.29, 0.717) is 0 Å². The normalized spacial score (nSPS) is 35.9. The average molecular weight is 217 g/mol. The fourth-order valence-corrected chi connectivity index (χ4v) is 1.53. The lowest BCUT2D eigenvalue weighted by Gasteiger charge is -2.12. The Bertz CT molecular complexity index is 388. The first-order chi connectivity index (χ1) is 7.15. The van der Waals surface area contributed by atoms with Gasteiger partial charge in [-0.25, -0.2) is 4.79 Å². The number of ether oxygens (including phenoxy) is 1. The zero-order valence-electron chi connectivity index (χ0n) is 7.65. The van der Waals surface area contributed by atoms with E-state index >= 15 is 0 Å². The molecule has 8 nitrogen and oxygen atoms in total. The molecule has 2 heterocycles. The summed E-state index contributed by atoms with van der Waals surface area (Å²) in [5.74, 6) is 0. The summed E-state index contributed by atoms with van der Waals surface area (Å²) in [6.45, 7) is -0.437. The first kappa shape index (κ1) is 10.3. The molecule has 8 heteroatoms. The number of hydrogen-bond acceptors (Lipinski definition) is 6. The second-order valence-electron chi connectivity index (χ2n) is 3.27. The lowest BCUT2D eigenvalue weighted by atomic mass is 10.1. The summed E-state index contributed by atoms with van der Waals surface area (Å²) < 4.78 is 5.97. The van der Waals surface area contributed by atoms with Crippen LogP contribution in [0.4, 0.5) is 0 Å². The molecule has 1 aliphatic rings. The number of aliphatic hydroxyl groups is 3. The highest BCUT2D eigenvalue weighted by molar-refractivity contribution is 4.88. The van der Waals surface area contributed by atoms with Crippen molar-refractivity contribution >= 4 is 0 Å². The van der Waals surface area contributed by atoms with Crippen molar-refractivity contribution in [3.63, 3.8) is 0 Å². The summed E-state index contributed by atoms with van der Waals surface area (Å²) in [6.07, 6.45) is -3.35. The molecule has 4 N–H and O–H groups in total. The Hall–Kier alpha value is -1.22. The fourth-order valence-electron chi connectivity index (χ4n) is 1.53. The standard InChI is InChI=1S/C7H11N3O5/c11-1-3-4(12)5(13)6(15-3)10-7(14)8-2-9-10/h2-6,11-13H,1H2,(H,8,9,14)/t3-,4-,5-,6-/m1/s1. The minimum absolute atomic E-state index is 0.437. The molecule has 1 aromatic heterocycles. The summed E-state index contributed by atoms with van der Waals surface area (Å²) in [5, 5.41) is 31.4. The topological polar surface area (TPSA) is 121 Å². The van der Waals surface area contributed by atoms with Gasteiger partial charge in [0.05, 0.1) is 6.61 Å². The zero-order chi connectivity index (χ0) is 11.0. The third-order valence-electron chi connectivity index (χ3n) is 2.34. The Morgan fingerprint density at radius 1 is 1.53 bits per heavy atom.